The first kappa shape index (κ1) is 24.5. The third kappa shape index (κ3) is 4.93. The summed E-state index contributed by atoms with van der Waals surface area (Å²) in [5.41, 5.74) is 3.35. The zero-order chi connectivity index (χ0) is 25.0. The van der Waals surface area contributed by atoms with E-state index in [1.165, 1.54) is 0 Å². The van der Waals surface area contributed by atoms with Crippen molar-refractivity contribution in [1.29, 1.82) is 0 Å². The lowest BCUT2D eigenvalue weighted by atomic mass is 9.84. The lowest BCUT2D eigenvalue weighted by Gasteiger charge is -2.30. The van der Waals surface area contributed by atoms with Crippen molar-refractivity contribution in [2.75, 3.05) is 19.8 Å². The topological polar surface area (TPSA) is 114 Å². The standard InChI is InChI=1S/C27H30N2O6/c1-3-4-13-22(24(30)31)28-25(32)27(2)16-34-15-23(27)29-26(33)35-14-21-19-11-7-5-9-17(19)18-10-6-8-12-20(18)21/h3,5-12,21-23H,1,4,13-16H2,2H3,(H,28,32)(H,29,33)(H,30,31). The molecule has 4 rings (SSSR count). The number of carbonyl (C=O) groups excluding carboxylic acids is 2. The van der Waals surface area contributed by atoms with Crippen LogP contribution in [0, 0.1) is 5.41 Å². The summed E-state index contributed by atoms with van der Waals surface area (Å²) in [6.45, 7) is 5.57. The predicted molar refractivity (Wildman–Crippen MR) is 130 cm³/mol. The molecule has 2 aliphatic rings. The normalized spacial score (nSPS) is 21.5. The van der Waals surface area contributed by atoms with E-state index in [1.807, 2.05) is 36.4 Å². The number of fused-ring (bicyclic) bond motifs is 3. The molecule has 3 atom stereocenters. The van der Waals surface area contributed by atoms with Crippen LogP contribution in [0.2, 0.25) is 0 Å². The van der Waals surface area contributed by atoms with Gasteiger partial charge in [0.05, 0.1) is 24.7 Å². The molecule has 0 spiro atoms. The summed E-state index contributed by atoms with van der Waals surface area (Å²) in [7, 11) is 0. The van der Waals surface area contributed by atoms with Crippen molar-refractivity contribution in [2.45, 2.75) is 37.8 Å². The number of hydrogen-bond acceptors (Lipinski definition) is 5. The van der Waals surface area contributed by atoms with E-state index >= 15 is 0 Å². The van der Waals surface area contributed by atoms with E-state index in [2.05, 4.69) is 29.3 Å². The highest BCUT2D eigenvalue weighted by atomic mass is 16.5. The van der Waals surface area contributed by atoms with Crippen molar-refractivity contribution < 1.29 is 29.0 Å². The Morgan fingerprint density at radius 1 is 1.17 bits per heavy atom. The summed E-state index contributed by atoms with van der Waals surface area (Å²) < 4.78 is 11.1. The number of rotatable bonds is 9. The maximum atomic E-state index is 13.0. The van der Waals surface area contributed by atoms with E-state index in [-0.39, 0.29) is 32.2 Å². The van der Waals surface area contributed by atoms with E-state index in [9.17, 15) is 19.5 Å². The van der Waals surface area contributed by atoms with Crippen LogP contribution in [0.15, 0.2) is 61.2 Å². The number of aliphatic carboxylic acids is 1. The second-order valence-electron chi connectivity index (χ2n) is 9.19. The van der Waals surface area contributed by atoms with E-state index in [4.69, 9.17) is 9.47 Å². The molecule has 1 fully saturated rings. The molecule has 35 heavy (non-hydrogen) atoms. The lowest BCUT2D eigenvalue weighted by molar-refractivity contribution is -0.144. The quantitative estimate of drug-likeness (QED) is 0.476. The molecule has 2 aromatic carbocycles. The van der Waals surface area contributed by atoms with Gasteiger partial charge in [-0.3, -0.25) is 4.79 Å². The minimum absolute atomic E-state index is 0.0565. The monoisotopic (exact) mass is 478 g/mol. The Hall–Kier alpha value is -3.65. The van der Waals surface area contributed by atoms with Crippen LogP contribution in [0.4, 0.5) is 4.79 Å². The van der Waals surface area contributed by atoms with Gasteiger partial charge in [-0.25, -0.2) is 9.59 Å². The van der Waals surface area contributed by atoms with E-state index < -0.39 is 35.5 Å². The van der Waals surface area contributed by atoms with Crippen LogP contribution in [-0.4, -0.2) is 55.0 Å². The number of benzene rings is 2. The van der Waals surface area contributed by atoms with Crippen LogP contribution in [0.5, 0.6) is 0 Å². The second kappa shape index (κ2) is 10.3. The Labute approximate surface area is 204 Å². The highest BCUT2D eigenvalue weighted by molar-refractivity contribution is 5.88. The van der Waals surface area contributed by atoms with E-state index in [0.29, 0.717) is 6.42 Å². The first-order valence-corrected chi connectivity index (χ1v) is 11.7. The molecule has 8 heteroatoms. The minimum atomic E-state index is -1.13. The summed E-state index contributed by atoms with van der Waals surface area (Å²) in [6, 6.07) is 14.4. The molecular weight excluding hydrogens is 448 g/mol. The van der Waals surface area contributed by atoms with Crippen molar-refractivity contribution in [3.63, 3.8) is 0 Å². The van der Waals surface area contributed by atoms with Crippen molar-refractivity contribution in [3.8, 4) is 11.1 Å². The van der Waals surface area contributed by atoms with Gasteiger partial charge in [0.15, 0.2) is 0 Å². The zero-order valence-electron chi connectivity index (χ0n) is 19.7. The van der Waals surface area contributed by atoms with E-state index in [1.54, 1.807) is 13.0 Å². The van der Waals surface area contributed by atoms with Crippen LogP contribution in [-0.2, 0) is 19.1 Å². The molecule has 1 saturated heterocycles. The van der Waals surface area contributed by atoms with Gasteiger partial charge in [-0.05, 0) is 42.0 Å². The Kier molecular flexibility index (Phi) is 7.21. The summed E-state index contributed by atoms with van der Waals surface area (Å²) in [5, 5.41) is 14.8. The first-order valence-electron chi connectivity index (χ1n) is 11.7. The largest absolute Gasteiger partial charge is 0.480 e. The smallest absolute Gasteiger partial charge is 0.407 e. The molecule has 3 unspecified atom stereocenters. The van der Waals surface area contributed by atoms with Crippen LogP contribution < -0.4 is 10.6 Å². The molecule has 1 heterocycles. The van der Waals surface area contributed by atoms with Gasteiger partial charge in [-0.15, -0.1) is 6.58 Å². The number of hydrogen-bond donors (Lipinski definition) is 3. The molecular formula is C27H30N2O6. The number of nitrogens with one attached hydrogen (secondary N) is 2. The Morgan fingerprint density at radius 2 is 1.80 bits per heavy atom. The molecule has 2 amide bonds. The summed E-state index contributed by atoms with van der Waals surface area (Å²) in [4.78, 5) is 37.3. The minimum Gasteiger partial charge on any atom is -0.480 e. The average Bonchev–Trinajstić information content (AvgIpc) is 3.38. The number of ether oxygens (including phenoxy) is 2. The highest BCUT2D eigenvalue weighted by Crippen LogP contribution is 2.44. The fraction of sp³-hybridized carbons (Fsp3) is 0.370. The molecule has 3 N–H and O–H groups in total. The van der Waals surface area contributed by atoms with Gasteiger partial charge < -0.3 is 25.2 Å². The van der Waals surface area contributed by atoms with Gasteiger partial charge in [0.2, 0.25) is 5.91 Å². The Bertz CT molecular complexity index is 1090. The van der Waals surface area contributed by atoms with Crippen molar-refractivity contribution in [2.24, 2.45) is 5.41 Å². The van der Waals surface area contributed by atoms with Crippen LogP contribution >= 0.6 is 0 Å². The Morgan fingerprint density at radius 3 is 2.40 bits per heavy atom. The molecule has 0 bridgehead atoms. The summed E-state index contributed by atoms with van der Waals surface area (Å²) in [6.07, 6.45) is 1.63. The van der Waals surface area contributed by atoms with Crippen LogP contribution in [0.3, 0.4) is 0 Å². The summed E-state index contributed by atoms with van der Waals surface area (Å²) >= 11 is 0. The molecule has 0 saturated carbocycles. The molecule has 184 valence electrons. The highest BCUT2D eigenvalue weighted by Gasteiger charge is 2.48. The van der Waals surface area contributed by atoms with E-state index in [0.717, 1.165) is 22.3 Å². The molecule has 8 nitrogen and oxygen atoms in total. The molecule has 2 aromatic rings. The van der Waals surface area contributed by atoms with Crippen LogP contribution in [0.1, 0.15) is 36.8 Å². The SMILES string of the molecule is C=CCCC(NC(=O)C1(C)COCC1NC(=O)OCC1c2ccccc2-c2ccccc21)C(=O)O. The zero-order valence-corrected chi connectivity index (χ0v) is 19.7. The van der Waals surface area contributed by atoms with Gasteiger partial charge in [-0.1, -0.05) is 54.6 Å². The lowest BCUT2D eigenvalue weighted by Crippen LogP contribution is -2.56. The maximum Gasteiger partial charge on any atom is 0.407 e. The number of carbonyl (C=O) groups is 3. The fourth-order valence-electron chi connectivity index (χ4n) is 4.75. The predicted octanol–water partition coefficient (Wildman–Crippen LogP) is 3.47. The van der Waals surface area contributed by atoms with Crippen LogP contribution in [0.25, 0.3) is 11.1 Å². The van der Waals surface area contributed by atoms with Gasteiger partial charge in [-0.2, -0.15) is 0 Å². The Balaban J connectivity index is 1.39. The van der Waals surface area contributed by atoms with Gasteiger partial charge in [0.1, 0.15) is 12.6 Å². The number of amides is 2. The summed E-state index contributed by atoms with van der Waals surface area (Å²) in [5.74, 6) is -1.69. The third-order valence-corrected chi connectivity index (χ3v) is 6.87. The maximum absolute atomic E-state index is 13.0. The number of carboxylic acid groups (broad SMARTS) is 1. The number of allylic oxidation sites excluding steroid dienone is 1. The average molecular weight is 479 g/mol. The molecule has 1 aliphatic heterocycles. The third-order valence-electron chi connectivity index (χ3n) is 6.87. The number of alkyl carbamates (subject to hydrolysis) is 1. The van der Waals surface area contributed by atoms with Gasteiger partial charge >= 0.3 is 12.1 Å². The number of carboxylic acids is 1. The molecule has 1 aliphatic carbocycles. The van der Waals surface area contributed by atoms with Gasteiger partial charge in [0, 0.05) is 5.92 Å². The van der Waals surface area contributed by atoms with Crippen molar-refractivity contribution in [1.82, 2.24) is 10.6 Å². The fourth-order valence-corrected chi connectivity index (χ4v) is 4.75. The molecule has 0 radical (unpaired) electrons. The van der Waals surface area contributed by atoms with Crippen molar-refractivity contribution in [3.05, 3.63) is 72.3 Å². The molecule has 0 aromatic heterocycles. The second-order valence-corrected chi connectivity index (χ2v) is 9.19. The van der Waals surface area contributed by atoms with Crippen molar-refractivity contribution >= 4 is 18.0 Å². The van der Waals surface area contributed by atoms with Gasteiger partial charge in [0.25, 0.3) is 0 Å². The first-order chi connectivity index (χ1) is 16.8.